The Morgan fingerprint density at radius 3 is 2.30 bits per heavy atom. The Bertz CT molecular complexity index is 964. The van der Waals surface area contributed by atoms with E-state index in [1.54, 1.807) is 18.3 Å². The zero-order valence-corrected chi connectivity index (χ0v) is 18.4. The van der Waals surface area contributed by atoms with E-state index in [2.05, 4.69) is 9.62 Å². The number of sulfone groups is 1. The first-order valence-electron chi connectivity index (χ1n) is 8.66. The number of hydrogen-bond acceptors (Lipinski definition) is 6. The summed E-state index contributed by atoms with van der Waals surface area (Å²) >= 11 is 1.57. The van der Waals surface area contributed by atoms with Crippen molar-refractivity contribution in [3.63, 3.8) is 0 Å². The molecule has 1 heterocycles. The highest BCUT2D eigenvalue weighted by atomic mass is 32.2. The number of thiophene rings is 1. The van der Waals surface area contributed by atoms with Gasteiger partial charge in [-0.2, -0.15) is 11.3 Å². The molecule has 1 aromatic carbocycles. The van der Waals surface area contributed by atoms with Crippen LogP contribution in [0.15, 0.2) is 44.8 Å². The van der Waals surface area contributed by atoms with Crippen LogP contribution in [0, 0.1) is 6.92 Å². The SMILES string of the molecule is CCN(CC)C(CNS(=O)(=O)c1cc(S(C)(=O)=O)ccc1C)c1ccsc1. The fourth-order valence-corrected chi connectivity index (χ4v) is 5.69. The summed E-state index contributed by atoms with van der Waals surface area (Å²) in [7, 11) is -7.34. The number of hydrogen-bond donors (Lipinski definition) is 1. The van der Waals surface area contributed by atoms with Gasteiger partial charge in [-0.25, -0.2) is 21.6 Å². The molecular weight excluding hydrogens is 404 g/mol. The first kappa shape index (κ1) is 22.0. The Hall–Kier alpha value is -1.26. The highest BCUT2D eigenvalue weighted by molar-refractivity contribution is 7.91. The van der Waals surface area contributed by atoms with Crippen LogP contribution in [0.5, 0.6) is 0 Å². The van der Waals surface area contributed by atoms with Crippen LogP contribution in [-0.2, 0) is 19.9 Å². The van der Waals surface area contributed by atoms with Crippen LogP contribution >= 0.6 is 11.3 Å². The van der Waals surface area contributed by atoms with E-state index in [9.17, 15) is 16.8 Å². The van der Waals surface area contributed by atoms with Crippen LogP contribution in [-0.4, -0.2) is 47.6 Å². The molecule has 1 atom stereocenters. The molecule has 0 amide bonds. The van der Waals surface area contributed by atoms with Gasteiger partial charge in [0.1, 0.15) is 0 Å². The molecule has 2 rings (SSSR count). The first-order chi connectivity index (χ1) is 12.6. The van der Waals surface area contributed by atoms with Crippen molar-refractivity contribution in [2.75, 3.05) is 25.9 Å². The molecule has 0 bridgehead atoms. The summed E-state index contributed by atoms with van der Waals surface area (Å²) in [5.41, 5.74) is 1.57. The van der Waals surface area contributed by atoms with E-state index in [0.717, 1.165) is 24.9 Å². The van der Waals surface area contributed by atoms with E-state index < -0.39 is 19.9 Å². The van der Waals surface area contributed by atoms with Gasteiger partial charge in [-0.3, -0.25) is 4.90 Å². The maximum Gasteiger partial charge on any atom is 0.240 e. The smallest absolute Gasteiger partial charge is 0.240 e. The van der Waals surface area contributed by atoms with E-state index >= 15 is 0 Å². The lowest BCUT2D eigenvalue weighted by Crippen LogP contribution is -2.38. The summed E-state index contributed by atoms with van der Waals surface area (Å²) in [5.74, 6) is 0. The number of likely N-dealkylation sites (N-methyl/N-ethyl adjacent to an activating group) is 1. The minimum absolute atomic E-state index is 0.00552. The summed E-state index contributed by atoms with van der Waals surface area (Å²) in [4.78, 5) is 2.17. The average Bonchev–Trinajstić information content (AvgIpc) is 3.12. The second kappa shape index (κ2) is 8.83. The molecule has 150 valence electrons. The predicted octanol–water partition coefficient (Wildman–Crippen LogP) is 2.82. The molecule has 0 saturated carbocycles. The summed E-state index contributed by atoms with van der Waals surface area (Å²) in [5, 5.41) is 3.99. The lowest BCUT2D eigenvalue weighted by atomic mass is 10.1. The van der Waals surface area contributed by atoms with E-state index in [-0.39, 0.29) is 22.4 Å². The van der Waals surface area contributed by atoms with Gasteiger partial charge in [-0.05, 0) is 60.1 Å². The summed E-state index contributed by atoms with van der Waals surface area (Å²) in [6.07, 6.45) is 1.06. The Morgan fingerprint density at radius 2 is 1.78 bits per heavy atom. The van der Waals surface area contributed by atoms with Crippen molar-refractivity contribution in [2.45, 2.75) is 36.6 Å². The van der Waals surface area contributed by atoms with Crippen molar-refractivity contribution in [3.05, 3.63) is 46.2 Å². The van der Waals surface area contributed by atoms with Gasteiger partial charge in [0.25, 0.3) is 0 Å². The Labute approximate surface area is 166 Å². The first-order valence-corrected chi connectivity index (χ1v) is 13.0. The van der Waals surface area contributed by atoms with Gasteiger partial charge in [0.2, 0.25) is 10.0 Å². The molecule has 0 aliphatic rings. The van der Waals surface area contributed by atoms with E-state index in [1.807, 2.05) is 30.7 Å². The van der Waals surface area contributed by atoms with Crippen LogP contribution in [0.25, 0.3) is 0 Å². The van der Waals surface area contributed by atoms with E-state index in [4.69, 9.17) is 0 Å². The molecule has 1 unspecified atom stereocenters. The predicted molar refractivity (Wildman–Crippen MR) is 109 cm³/mol. The largest absolute Gasteiger partial charge is 0.296 e. The maximum absolute atomic E-state index is 12.9. The molecule has 9 heteroatoms. The van der Waals surface area contributed by atoms with Gasteiger partial charge in [0, 0.05) is 18.8 Å². The van der Waals surface area contributed by atoms with Crippen LogP contribution in [0.3, 0.4) is 0 Å². The number of aryl methyl sites for hydroxylation is 1. The molecule has 0 spiro atoms. The Morgan fingerprint density at radius 1 is 1.11 bits per heavy atom. The van der Waals surface area contributed by atoms with Crippen molar-refractivity contribution in [2.24, 2.45) is 0 Å². The van der Waals surface area contributed by atoms with Crippen LogP contribution < -0.4 is 4.72 Å². The number of nitrogens with one attached hydrogen (secondary N) is 1. The standard InChI is InChI=1S/C18H26N2O4S3/c1-5-20(6-2)17(15-9-10-25-13-15)12-19-27(23,24)18-11-16(26(4,21)22)8-7-14(18)3/h7-11,13,17,19H,5-6,12H2,1-4H3. The third-order valence-corrected chi connectivity index (χ3v) is 7.90. The number of nitrogens with zero attached hydrogens (tertiary/aromatic N) is 1. The number of rotatable bonds is 9. The molecule has 0 aliphatic carbocycles. The quantitative estimate of drug-likeness (QED) is 0.661. The van der Waals surface area contributed by atoms with Gasteiger partial charge in [-0.1, -0.05) is 19.9 Å². The molecule has 1 aromatic heterocycles. The van der Waals surface area contributed by atoms with Crippen LogP contribution in [0.1, 0.15) is 31.0 Å². The topological polar surface area (TPSA) is 83.6 Å². The second-order valence-corrected chi connectivity index (χ2v) is 10.9. The third-order valence-electron chi connectivity index (χ3n) is 4.53. The number of sulfonamides is 1. The summed E-state index contributed by atoms with van der Waals surface area (Å²) < 4.78 is 52.0. The van der Waals surface area contributed by atoms with Gasteiger partial charge in [0.15, 0.2) is 9.84 Å². The highest BCUT2D eigenvalue weighted by Crippen LogP contribution is 2.24. The van der Waals surface area contributed by atoms with E-state index in [0.29, 0.717) is 5.56 Å². The Kier molecular flexibility index (Phi) is 7.20. The van der Waals surface area contributed by atoms with Crippen molar-refractivity contribution in [1.82, 2.24) is 9.62 Å². The second-order valence-electron chi connectivity index (χ2n) is 6.35. The van der Waals surface area contributed by atoms with Crippen LogP contribution in [0.2, 0.25) is 0 Å². The van der Waals surface area contributed by atoms with E-state index in [1.165, 1.54) is 18.2 Å². The molecule has 6 nitrogen and oxygen atoms in total. The van der Waals surface area contributed by atoms with Crippen molar-refractivity contribution in [3.8, 4) is 0 Å². The van der Waals surface area contributed by atoms with Gasteiger partial charge >= 0.3 is 0 Å². The average molecular weight is 431 g/mol. The molecule has 2 aromatic rings. The third kappa shape index (κ3) is 5.39. The minimum atomic E-state index is -3.85. The molecular formula is C18H26N2O4S3. The van der Waals surface area contributed by atoms with Gasteiger partial charge < -0.3 is 0 Å². The lowest BCUT2D eigenvalue weighted by Gasteiger charge is -2.29. The van der Waals surface area contributed by atoms with Gasteiger partial charge in [-0.15, -0.1) is 0 Å². The fourth-order valence-electron chi connectivity index (χ4n) is 2.95. The molecule has 0 aliphatic heterocycles. The van der Waals surface area contributed by atoms with Crippen molar-refractivity contribution < 1.29 is 16.8 Å². The zero-order chi connectivity index (χ0) is 20.2. The molecule has 0 radical (unpaired) electrons. The lowest BCUT2D eigenvalue weighted by molar-refractivity contribution is 0.220. The monoisotopic (exact) mass is 430 g/mol. The maximum atomic E-state index is 12.9. The highest BCUT2D eigenvalue weighted by Gasteiger charge is 2.24. The zero-order valence-electron chi connectivity index (χ0n) is 16.0. The molecule has 1 N–H and O–H groups in total. The molecule has 0 saturated heterocycles. The number of benzene rings is 1. The fraction of sp³-hybridized carbons (Fsp3) is 0.444. The Balaban J connectivity index is 2.32. The minimum Gasteiger partial charge on any atom is -0.296 e. The van der Waals surface area contributed by atoms with Crippen molar-refractivity contribution >= 4 is 31.2 Å². The van der Waals surface area contributed by atoms with Crippen LogP contribution in [0.4, 0.5) is 0 Å². The molecule has 0 fully saturated rings. The molecule has 27 heavy (non-hydrogen) atoms. The normalized spacial score (nSPS) is 13.8. The summed E-state index contributed by atoms with van der Waals surface area (Å²) in [6, 6.07) is 6.08. The van der Waals surface area contributed by atoms with Crippen molar-refractivity contribution in [1.29, 1.82) is 0 Å². The summed E-state index contributed by atoms with van der Waals surface area (Å²) in [6.45, 7) is 7.53. The van der Waals surface area contributed by atoms with Gasteiger partial charge in [0.05, 0.1) is 9.79 Å².